The minimum Gasteiger partial charge on any atom is -0.379 e. The van der Waals surface area contributed by atoms with Crippen LogP contribution >= 0.6 is 0 Å². The molecule has 2 aliphatic heterocycles. The van der Waals surface area contributed by atoms with Crippen LogP contribution in [0.15, 0.2) is 29.2 Å². The maximum Gasteiger partial charge on any atom is 0.253 e. The van der Waals surface area contributed by atoms with Gasteiger partial charge in [-0.1, -0.05) is 6.07 Å². The molecule has 2 heterocycles. The van der Waals surface area contributed by atoms with Gasteiger partial charge in [0.25, 0.3) is 5.91 Å². The summed E-state index contributed by atoms with van der Waals surface area (Å²) in [5.74, 6) is -0.368. The van der Waals surface area contributed by atoms with Crippen molar-refractivity contribution in [3.05, 3.63) is 29.8 Å². The van der Waals surface area contributed by atoms with Crippen molar-refractivity contribution in [3.63, 3.8) is 0 Å². The number of ether oxygens (including phenoxy) is 1. The van der Waals surface area contributed by atoms with Gasteiger partial charge in [-0.25, -0.2) is 16.8 Å². The van der Waals surface area contributed by atoms with E-state index in [1.54, 1.807) is 13.1 Å². The van der Waals surface area contributed by atoms with Crippen LogP contribution in [0.3, 0.4) is 0 Å². The van der Waals surface area contributed by atoms with Crippen molar-refractivity contribution in [2.24, 2.45) is 0 Å². The van der Waals surface area contributed by atoms with Crippen LogP contribution < -0.4 is 0 Å². The fourth-order valence-electron chi connectivity index (χ4n) is 3.18. The molecule has 3 rings (SSSR count). The summed E-state index contributed by atoms with van der Waals surface area (Å²) in [6.45, 7) is 1.24. The Morgan fingerprint density at radius 1 is 1.27 bits per heavy atom. The maximum absolute atomic E-state index is 12.7. The summed E-state index contributed by atoms with van der Waals surface area (Å²) >= 11 is 0. The SMILES string of the molecule is CN(C(=O)c1cccc(S(=O)(=O)N2CCOCC2)c1)C1CCS(=O)(=O)C1. The van der Waals surface area contributed by atoms with Crippen LogP contribution in [0.5, 0.6) is 0 Å². The number of carbonyl (C=O) groups excluding carboxylic acids is 1. The summed E-state index contributed by atoms with van der Waals surface area (Å²) in [5, 5.41) is 0. The number of morpholine rings is 1. The Kier molecular flexibility index (Phi) is 5.38. The van der Waals surface area contributed by atoms with E-state index in [1.807, 2.05) is 0 Å². The average molecular weight is 402 g/mol. The highest BCUT2D eigenvalue weighted by atomic mass is 32.2. The molecule has 0 aromatic heterocycles. The summed E-state index contributed by atoms with van der Waals surface area (Å²) in [5.41, 5.74) is 0.228. The Labute approximate surface area is 153 Å². The van der Waals surface area contributed by atoms with Crippen LogP contribution in [0.25, 0.3) is 0 Å². The van der Waals surface area contributed by atoms with Crippen LogP contribution in [0.1, 0.15) is 16.8 Å². The van der Waals surface area contributed by atoms with E-state index in [1.165, 1.54) is 27.4 Å². The van der Waals surface area contributed by atoms with Crippen molar-refractivity contribution in [2.75, 3.05) is 44.9 Å². The topological polar surface area (TPSA) is 101 Å². The molecular formula is C16H22N2O6S2. The molecule has 26 heavy (non-hydrogen) atoms. The summed E-state index contributed by atoms with van der Waals surface area (Å²) in [6, 6.07) is 5.50. The molecule has 0 spiro atoms. The first-order valence-electron chi connectivity index (χ1n) is 8.36. The lowest BCUT2D eigenvalue weighted by Crippen LogP contribution is -2.41. The molecule has 0 aliphatic carbocycles. The van der Waals surface area contributed by atoms with Crippen molar-refractivity contribution in [3.8, 4) is 0 Å². The fraction of sp³-hybridized carbons (Fsp3) is 0.562. The van der Waals surface area contributed by atoms with Crippen molar-refractivity contribution < 1.29 is 26.4 Å². The molecule has 0 saturated carbocycles. The smallest absolute Gasteiger partial charge is 0.253 e. The zero-order chi connectivity index (χ0) is 18.9. The van der Waals surface area contributed by atoms with Gasteiger partial charge in [-0.05, 0) is 24.6 Å². The first-order valence-corrected chi connectivity index (χ1v) is 11.6. The van der Waals surface area contributed by atoms with E-state index < -0.39 is 19.9 Å². The van der Waals surface area contributed by atoms with E-state index in [0.29, 0.717) is 19.6 Å². The molecule has 10 heteroatoms. The average Bonchev–Trinajstić information content (AvgIpc) is 3.01. The predicted octanol–water partition coefficient (Wildman–Crippen LogP) is -0.0334. The second kappa shape index (κ2) is 7.26. The normalized spacial score (nSPS) is 23.7. The molecule has 2 saturated heterocycles. The summed E-state index contributed by atoms with van der Waals surface area (Å²) in [7, 11) is -5.25. The van der Waals surface area contributed by atoms with Gasteiger partial charge in [-0.2, -0.15) is 4.31 Å². The van der Waals surface area contributed by atoms with Crippen molar-refractivity contribution in [1.29, 1.82) is 0 Å². The molecule has 0 N–H and O–H groups in total. The molecule has 1 unspecified atom stereocenters. The highest BCUT2D eigenvalue weighted by Gasteiger charge is 2.33. The number of sulfonamides is 1. The molecule has 144 valence electrons. The fourth-order valence-corrected chi connectivity index (χ4v) is 6.40. The number of hydrogen-bond donors (Lipinski definition) is 0. The lowest BCUT2D eigenvalue weighted by Gasteiger charge is -2.26. The molecule has 1 atom stereocenters. The Hall–Kier alpha value is -1.49. The number of hydrogen-bond acceptors (Lipinski definition) is 6. The molecule has 0 bridgehead atoms. The van der Waals surface area contributed by atoms with Crippen LogP contribution in [-0.2, 0) is 24.6 Å². The van der Waals surface area contributed by atoms with Crippen LogP contribution in [-0.4, -0.2) is 82.8 Å². The zero-order valence-corrected chi connectivity index (χ0v) is 16.1. The third-order valence-corrected chi connectivity index (χ3v) is 8.41. The number of rotatable bonds is 4. The van der Waals surface area contributed by atoms with E-state index >= 15 is 0 Å². The lowest BCUT2D eigenvalue weighted by atomic mass is 10.1. The number of sulfone groups is 1. The Bertz CT molecular complexity index is 891. The van der Waals surface area contributed by atoms with Gasteiger partial charge in [0.1, 0.15) is 0 Å². The van der Waals surface area contributed by atoms with E-state index in [0.717, 1.165) is 0 Å². The molecular weight excluding hydrogens is 380 g/mol. The third-order valence-electron chi connectivity index (χ3n) is 4.77. The molecule has 1 aromatic rings. The lowest BCUT2D eigenvalue weighted by molar-refractivity contribution is 0.0729. The van der Waals surface area contributed by atoms with Gasteiger partial charge in [-0.3, -0.25) is 4.79 Å². The monoisotopic (exact) mass is 402 g/mol. The van der Waals surface area contributed by atoms with E-state index in [4.69, 9.17) is 4.74 Å². The molecule has 1 aromatic carbocycles. The quantitative estimate of drug-likeness (QED) is 0.701. The third kappa shape index (κ3) is 3.93. The Balaban J connectivity index is 1.81. The summed E-state index contributed by atoms with van der Waals surface area (Å²) in [6.07, 6.45) is 0.399. The minimum absolute atomic E-state index is 0.0534. The van der Waals surface area contributed by atoms with Gasteiger partial charge < -0.3 is 9.64 Å². The van der Waals surface area contributed by atoms with E-state index in [-0.39, 0.29) is 47.0 Å². The van der Waals surface area contributed by atoms with Gasteiger partial charge in [0.2, 0.25) is 10.0 Å². The molecule has 2 aliphatic rings. The van der Waals surface area contributed by atoms with Crippen molar-refractivity contribution in [2.45, 2.75) is 17.4 Å². The first kappa shape index (κ1) is 19.3. The van der Waals surface area contributed by atoms with Gasteiger partial charge >= 0.3 is 0 Å². The van der Waals surface area contributed by atoms with Crippen molar-refractivity contribution in [1.82, 2.24) is 9.21 Å². The van der Waals surface area contributed by atoms with Gasteiger partial charge in [0, 0.05) is 31.7 Å². The van der Waals surface area contributed by atoms with Crippen LogP contribution in [0.4, 0.5) is 0 Å². The highest BCUT2D eigenvalue weighted by Crippen LogP contribution is 2.22. The van der Waals surface area contributed by atoms with Crippen LogP contribution in [0, 0.1) is 0 Å². The van der Waals surface area contributed by atoms with Gasteiger partial charge in [0.05, 0.1) is 29.6 Å². The second-order valence-electron chi connectivity index (χ2n) is 6.52. The van der Waals surface area contributed by atoms with Gasteiger partial charge in [-0.15, -0.1) is 0 Å². The molecule has 1 amide bonds. The molecule has 8 nitrogen and oxygen atoms in total. The van der Waals surface area contributed by atoms with Gasteiger partial charge in [0.15, 0.2) is 9.84 Å². The minimum atomic E-state index is -3.69. The second-order valence-corrected chi connectivity index (χ2v) is 10.7. The van der Waals surface area contributed by atoms with E-state index in [2.05, 4.69) is 0 Å². The van der Waals surface area contributed by atoms with Crippen molar-refractivity contribution >= 4 is 25.8 Å². The largest absolute Gasteiger partial charge is 0.379 e. The van der Waals surface area contributed by atoms with E-state index in [9.17, 15) is 21.6 Å². The zero-order valence-electron chi connectivity index (χ0n) is 14.5. The highest BCUT2D eigenvalue weighted by molar-refractivity contribution is 7.91. The number of carbonyl (C=O) groups is 1. The maximum atomic E-state index is 12.7. The Morgan fingerprint density at radius 2 is 1.96 bits per heavy atom. The standard InChI is InChI=1S/C16H22N2O6S2/c1-17(14-5-10-25(20,21)12-14)16(19)13-3-2-4-15(11-13)26(22,23)18-6-8-24-9-7-18/h2-4,11,14H,5-10,12H2,1H3. The predicted molar refractivity (Wildman–Crippen MR) is 95.2 cm³/mol. The molecule has 0 radical (unpaired) electrons. The van der Waals surface area contributed by atoms with Crippen LogP contribution in [0.2, 0.25) is 0 Å². The number of benzene rings is 1. The number of amides is 1. The Morgan fingerprint density at radius 3 is 2.58 bits per heavy atom. The summed E-state index contributed by atoms with van der Waals surface area (Å²) < 4.78 is 55.3. The summed E-state index contributed by atoms with van der Waals surface area (Å²) in [4.78, 5) is 14.1. The number of nitrogens with zero attached hydrogens (tertiary/aromatic N) is 2. The molecule has 2 fully saturated rings. The first-order chi connectivity index (χ1) is 12.2.